The molecule has 0 saturated heterocycles. The second-order valence-corrected chi connectivity index (χ2v) is 5.61. The van der Waals surface area contributed by atoms with Gasteiger partial charge in [0.2, 0.25) is 5.91 Å². The number of hydrogen-bond donors (Lipinski definition) is 1. The van der Waals surface area contributed by atoms with Crippen molar-refractivity contribution < 1.29 is 4.79 Å². The van der Waals surface area contributed by atoms with E-state index in [0.29, 0.717) is 6.54 Å². The summed E-state index contributed by atoms with van der Waals surface area (Å²) in [6.07, 6.45) is 0.785. The molecular formula is C18H20N2O. The molecule has 1 aliphatic heterocycles. The fourth-order valence-electron chi connectivity index (χ4n) is 2.85. The third-order valence-electron chi connectivity index (χ3n) is 4.10. The second-order valence-electron chi connectivity index (χ2n) is 5.61. The van der Waals surface area contributed by atoms with Gasteiger partial charge in [-0.3, -0.25) is 9.69 Å². The number of carbonyl (C=O) groups excluding carboxylic acids is 1. The first-order valence-corrected chi connectivity index (χ1v) is 7.32. The monoisotopic (exact) mass is 280 g/mol. The number of hydrogen-bond acceptors (Lipinski definition) is 2. The van der Waals surface area contributed by atoms with E-state index in [0.717, 1.165) is 18.5 Å². The molecule has 3 nitrogen and oxygen atoms in total. The van der Waals surface area contributed by atoms with E-state index in [2.05, 4.69) is 28.4 Å². The van der Waals surface area contributed by atoms with Gasteiger partial charge in [-0.1, -0.05) is 54.6 Å². The number of likely N-dealkylation sites (N-methyl/N-ethyl adjacent to an activating group) is 1. The molecule has 2 aromatic carbocycles. The molecule has 0 unspecified atom stereocenters. The number of carbonyl (C=O) groups is 1. The van der Waals surface area contributed by atoms with E-state index in [9.17, 15) is 4.79 Å². The summed E-state index contributed by atoms with van der Waals surface area (Å²) in [5, 5.41) is 3.05. The van der Waals surface area contributed by atoms with Gasteiger partial charge in [0.25, 0.3) is 0 Å². The van der Waals surface area contributed by atoms with E-state index in [1.54, 1.807) is 0 Å². The molecule has 1 aliphatic rings. The van der Waals surface area contributed by atoms with Gasteiger partial charge in [0.1, 0.15) is 0 Å². The van der Waals surface area contributed by atoms with Crippen molar-refractivity contribution in [3.8, 4) is 0 Å². The Balaban J connectivity index is 1.65. The van der Waals surface area contributed by atoms with E-state index in [1.807, 2.05) is 43.4 Å². The van der Waals surface area contributed by atoms with Crippen LogP contribution in [0.25, 0.3) is 0 Å². The number of rotatable bonds is 3. The molecule has 1 N–H and O–H groups in total. The standard InChI is InChI=1S/C18H20N2O/c1-20-13-16-10-6-5-9-15(16)11-17(20)18(21)19-12-14-7-3-2-4-8-14/h2-10,17H,11-13H2,1H3,(H,19,21)/t17-/m0/s1. The highest BCUT2D eigenvalue weighted by Crippen LogP contribution is 2.21. The van der Waals surface area contributed by atoms with Crippen LogP contribution in [0.3, 0.4) is 0 Å². The summed E-state index contributed by atoms with van der Waals surface area (Å²) in [6, 6.07) is 18.3. The maximum absolute atomic E-state index is 12.4. The van der Waals surface area contributed by atoms with Crippen LogP contribution in [-0.4, -0.2) is 23.9 Å². The third kappa shape index (κ3) is 3.14. The number of benzene rings is 2. The summed E-state index contributed by atoms with van der Waals surface area (Å²) in [6.45, 7) is 1.42. The van der Waals surface area contributed by atoms with E-state index in [1.165, 1.54) is 11.1 Å². The molecule has 0 aromatic heterocycles. The van der Waals surface area contributed by atoms with E-state index >= 15 is 0 Å². The molecule has 21 heavy (non-hydrogen) atoms. The molecule has 1 heterocycles. The molecule has 2 aromatic rings. The largest absolute Gasteiger partial charge is 0.351 e. The van der Waals surface area contributed by atoms with Crippen LogP contribution in [0.5, 0.6) is 0 Å². The zero-order valence-corrected chi connectivity index (χ0v) is 12.3. The Kier molecular flexibility index (Phi) is 4.02. The predicted octanol–water partition coefficient (Wildman–Crippen LogP) is 2.36. The fraction of sp³-hybridized carbons (Fsp3) is 0.278. The zero-order chi connectivity index (χ0) is 14.7. The quantitative estimate of drug-likeness (QED) is 0.936. The van der Waals surface area contributed by atoms with Crippen molar-refractivity contribution in [2.45, 2.75) is 25.6 Å². The normalized spacial score (nSPS) is 18.0. The summed E-state index contributed by atoms with van der Waals surface area (Å²) in [5.41, 5.74) is 3.74. The second kappa shape index (κ2) is 6.10. The summed E-state index contributed by atoms with van der Waals surface area (Å²) < 4.78 is 0. The van der Waals surface area contributed by atoms with Crippen molar-refractivity contribution >= 4 is 5.91 Å². The minimum atomic E-state index is -0.0800. The SMILES string of the molecule is CN1Cc2ccccc2C[C@H]1C(=O)NCc1ccccc1. The molecule has 1 amide bonds. The molecular weight excluding hydrogens is 260 g/mol. The van der Waals surface area contributed by atoms with Crippen LogP contribution in [-0.2, 0) is 24.3 Å². The van der Waals surface area contributed by atoms with Gasteiger partial charge in [-0.2, -0.15) is 0 Å². The van der Waals surface area contributed by atoms with Crippen LogP contribution < -0.4 is 5.32 Å². The molecule has 0 bridgehead atoms. The van der Waals surface area contributed by atoms with Crippen LogP contribution in [0.1, 0.15) is 16.7 Å². The summed E-state index contributed by atoms with van der Waals surface area (Å²) in [7, 11) is 2.02. The molecule has 1 atom stereocenters. The maximum atomic E-state index is 12.4. The fourth-order valence-corrected chi connectivity index (χ4v) is 2.85. The molecule has 0 aliphatic carbocycles. The maximum Gasteiger partial charge on any atom is 0.237 e. The Morgan fingerprint density at radius 2 is 1.76 bits per heavy atom. The number of nitrogens with zero attached hydrogens (tertiary/aromatic N) is 1. The summed E-state index contributed by atoms with van der Waals surface area (Å²) in [5.74, 6) is 0.107. The molecule has 0 fully saturated rings. The van der Waals surface area contributed by atoms with Gasteiger partial charge < -0.3 is 5.32 Å². The van der Waals surface area contributed by atoms with Crippen molar-refractivity contribution in [2.75, 3.05) is 7.05 Å². The first kappa shape index (κ1) is 13.8. The highest BCUT2D eigenvalue weighted by Gasteiger charge is 2.28. The third-order valence-corrected chi connectivity index (χ3v) is 4.10. The van der Waals surface area contributed by atoms with Crippen LogP contribution in [0.2, 0.25) is 0 Å². The average Bonchev–Trinajstić information content (AvgIpc) is 2.53. The van der Waals surface area contributed by atoms with Gasteiger partial charge in [-0.15, -0.1) is 0 Å². The smallest absolute Gasteiger partial charge is 0.237 e. The Bertz CT molecular complexity index is 624. The first-order chi connectivity index (χ1) is 10.2. The van der Waals surface area contributed by atoms with Crippen molar-refractivity contribution in [3.05, 3.63) is 71.3 Å². The minimum absolute atomic E-state index is 0.0800. The van der Waals surface area contributed by atoms with Crippen LogP contribution in [0, 0.1) is 0 Å². The van der Waals surface area contributed by atoms with Crippen LogP contribution in [0.4, 0.5) is 0 Å². The lowest BCUT2D eigenvalue weighted by molar-refractivity contribution is -0.126. The number of nitrogens with one attached hydrogen (secondary N) is 1. The highest BCUT2D eigenvalue weighted by atomic mass is 16.2. The summed E-state index contributed by atoms with van der Waals surface area (Å²) in [4.78, 5) is 14.6. The molecule has 108 valence electrons. The average molecular weight is 280 g/mol. The topological polar surface area (TPSA) is 32.3 Å². The Morgan fingerprint density at radius 1 is 1.10 bits per heavy atom. The lowest BCUT2D eigenvalue weighted by Gasteiger charge is -2.33. The Morgan fingerprint density at radius 3 is 2.52 bits per heavy atom. The van der Waals surface area contributed by atoms with Crippen molar-refractivity contribution in [2.24, 2.45) is 0 Å². The van der Waals surface area contributed by atoms with Crippen molar-refractivity contribution in [1.29, 1.82) is 0 Å². The molecule has 3 rings (SSSR count). The predicted molar refractivity (Wildman–Crippen MR) is 83.7 cm³/mol. The van der Waals surface area contributed by atoms with Gasteiger partial charge in [-0.05, 0) is 30.2 Å². The van der Waals surface area contributed by atoms with Gasteiger partial charge in [0.15, 0.2) is 0 Å². The van der Waals surface area contributed by atoms with Crippen molar-refractivity contribution in [1.82, 2.24) is 10.2 Å². The van der Waals surface area contributed by atoms with E-state index < -0.39 is 0 Å². The lowest BCUT2D eigenvalue weighted by Crippen LogP contribution is -2.48. The van der Waals surface area contributed by atoms with Crippen LogP contribution in [0.15, 0.2) is 54.6 Å². The van der Waals surface area contributed by atoms with Crippen molar-refractivity contribution in [3.63, 3.8) is 0 Å². The molecule has 0 radical (unpaired) electrons. The zero-order valence-electron chi connectivity index (χ0n) is 12.3. The van der Waals surface area contributed by atoms with E-state index in [4.69, 9.17) is 0 Å². The van der Waals surface area contributed by atoms with Gasteiger partial charge in [0, 0.05) is 13.1 Å². The highest BCUT2D eigenvalue weighted by molar-refractivity contribution is 5.82. The van der Waals surface area contributed by atoms with E-state index in [-0.39, 0.29) is 11.9 Å². The Labute approximate surface area is 125 Å². The lowest BCUT2D eigenvalue weighted by atomic mass is 9.94. The van der Waals surface area contributed by atoms with Gasteiger partial charge in [0.05, 0.1) is 6.04 Å². The van der Waals surface area contributed by atoms with Gasteiger partial charge in [-0.25, -0.2) is 0 Å². The first-order valence-electron chi connectivity index (χ1n) is 7.32. The summed E-state index contributed by atoms with van der Waals surface area (Å²) >= 11 is 0. The van der Waals surface area contributed by atoms with Gasteiger partial charge >= 0.3 is 0 Å². The minimum Gasteiger partial charge on any atom is -0.351 e. The van der Waals surface area contributed by atoms with Crippen LogP contribution >= 0.6 is 0 Å². The molecule has 3 heteroatoms. The Hall–Kier alpha value is -2.13. The number of amides is 1. The molecule has 0 saturated carbocycles. The number of fused-ring (bicyclic) bond motifs is 1. The molecule has 0 spiro atoms.